The number of guanidine groups is 1. The average Bonchev–Trinajstić information content (AvgIpc) is 3.09. The number of hydrogen-bond acceptors (Lipinski definition) is 3. The molecule has 0 aromatic heterocycles. The normalized spacial score (nSPS) is 18.2. The van der Waals surface area contributed by atoms with E-state index in [4.69, 9.17) is 16.3 Å². The Hall–Kier alpha value is -1.06. The molecule has 6 nitrogen and oxygen atoms in total. The van der Waals surface area contributed by atoms with E-state index in [-0.39, 0.29) is 42.0 Å². The van der Waals surface area contributed by atoms with Gasteiger partial charge in [0.25, 0.3) is 0 Å². The Labute approximate surface area is 177 Å². The van der Waals surface area contributed by atoms with Gasteiger partial charge in [-0.05, 0) is 24.1 Å². The molecule has 0 saturated carbocycles. The summed E-state index contributed by atoms with van der Waals surface area (Å²) in [4.78, 5) is 17.9. The van der Waals surface area contributed by atoms with Crippen molar-refractivity contribution in [1.29, 1.82) is 0 Å². The maximum absolute atomic E-state index is 11.8. The van der Waals surface area contributed by atoms with Gasteiger partial charge in [0.15, 0.2) is 5.96 Å². The summed E-state index contributed by atoms with van der Waals surface area (Å²) in [5, 5.41) is 7.36. The molecule has 1 aliphatic rings. The van der Waals surface area contributed by atoms with Crippen LogP contribution in [0.25, 0.3) is 0 Å². The molecule has 0 aliphatic carbocycles. The highest BCUT2D eigenvalue weighted by Gasteiger charge is 2.26. The molecular weight excluding hydrogens is 467 g/mol. The third kappa shape index (κ3) is 6.59. The number of rotatable bonds is 6. The predicted octanol–water partition coefficient (Wildman–Crippen LogP) is 2.82. The van der Waals surface area contributed by atoms with E-state index < -0.39 is 0 Å². The molecule has 1 amide bonds. The smallest absolute Gasteiger partial charge is 0.222 e. The SMILES string of the molecule is CCC(=O)N1CCC(NC(=NC)NCC(OC)c2cccc(Cl)c2)C1.I. The molecule has 146 valence electrons. The summed E-state index contributed by atoms with van der Waals surface area (Å²) < 4.78 is 5.56. The quantitative estimate of drug-likeness (QED) is 0.363. The lowest BCUT2D eigenvalue weighted by Crippen LogP contribution is -2.46. The fraction of sp³-hybridized carbons (Fsp3) is 0.556. The maximum Gasteiger partial charge on any atom is 0.222 e. The van der Waals surface area contributed by atoms with Crippen molar-refractivity contribution >= 4 is 47.4 Å². The first-order chi connectivity index (χ1) is 12.1. The number of nitrogens with zero attached hydrogens (tertiary/aromatic N) is 2. The highest BCUT2D eigenvalue weighted by molar-refractivity contribution is 14.0. The van der Waals surface area contributed by atoms with E-state index in [1.54, 1.807) is 14.2 Å². The summed E-state index contributed by atoms with van der Waals surface area (Å²) in [5.41, 5.74) is 1.01. The van der Waals surface area contributed by atoms with Crippen LogP contribution in [0.5, 0.6) is 0 Å². The Bertz CT molecular complexity index is 615. The Balaban J connectivity index is 0.00000338. The first kappa shape index (κ1) is 23.0. The molecule has 0 spiro atoms. The fourth-order valence-electron chi connectivity index (χ4n) is 2.95. The first-order valence-corrected chi connectivity index (χ1v) is 8.98. The van der Waals surface area contributed by atoms with Crippen molar-refractivity contribution in [3.05, 3.63) is 34.9 Å². The van der Waals surface area contributed by atoms with E-state index in [1.807, 2.05) is 36.1 Å². The number of halogens is 2. The molecule has 1 fully saturated rings. The van der Waals surface area contributed by atoms with Crippen LogP contribution in [-0.4, -0.2) is 56.6 Å². The molecule has 2 atom stereocenters. The maximum atomic E-state index is 11.8. The Morgan fingerprint density at radius 2 is 2.27 bits per heavy atom. The number of likely N-dealkylation sites (tertiary alicyclic amines) is 1. The van der Waals surface area contributed by atoms with Crippen LogP contribution in [0.15, 0.2) is 29.3 Å². The Morgan fingerprint density at radius 3 is 2.88 bits per heavy atom. The molecule has 2 unspecified atom stereocenters. The average molecular weight is 495 g/mol. The minimum absolute atomic E-state index is 0. The van der Waals surface area contributed by atoms with Crippen LogP contribution in [0.1, 0.15) is 31.4 Å². The summed E-state index contributed by atoms with van der Waals surface area (Å²) in [5.74, 6) is 0.910. The van der Waals surface area contributed by atoms with Gasteiger partial charge in [-0.15, -0.1) is 24.0 Å². The number of aliphatic imine (C=N–C) groups is 1. The minimum Gasteiger partial charge on any atom is -0.375 e. The number of nitrogens with one attached hydrogen (secondary N) is 2. The number of benzene rings is 1. The lowest BCUT2D eigenvalue weighted by molar-refractivity contribution is -0.129. The van der Waals surface area contributed by atoms with Gasteiger partial charge in [-0.25, -0.2) is 0 Å². The number of methoxy groups -OCH3 is 1. The third-order valence-corrected chi connectivity index (χ3v) is 4.60. The monoisotopic (exact) mass is 494 g/mol. The Morgan fingerprint density at radius 1 is 1.50 bits per heavy atom. The van der Waals surface area contributed by atoms with E-state index in [2.05, 4.69) is 15.6 Å². The molecular formula is C18H28ClIN4O2. The summed E-state index contributed by atoms with van der Waals surface area (Å²) in [6, 6.07) is 7.86. The second kappa shape index (κ2) is 11.6. The number of carbonyl (C=O) groups excluding carboxylic acids is 1. The zero-order valence-corrected chi connectivity index (χ0v) is 18.6. The molecule has 1 heterocycles. The largest absolute Gasteiger partial charge is 0.375 e. The van der Waals surface area contributed by atoms with E-state index in [0.29, 0.717) is 23.9 Å². The standard InChI is InChI=1S/C18H27ClN4O2.HI/c1-4-17(24)23-9-8-15(12-23)22-18(20-2)21-11-16(25-3)13-6-5-7-14(19)10-13;/h5-7,10,15-16H,4,8-9,11-12H2,1-3H3,(H2,20,21,22);1H. The molecule has 2 N–H and O–H groups in total. The van der Waals surface area contributed by atoms with Crippen molar-refractivity contribution in [2.45, 2.75) is 31.9 Å². The van der Waals surface area contributed by atoms with Gasteiger partial charge in [0.05, 0.1) is 6.10 Å². The number of carbonyl (C=O) groups is 1. The third-order valence-electron chi connectivity index (χ3n) is 4.37. The van der Waals surface area contributed by atoms with Crippen LogP contribution in [0, 0.1) is 0 Å². The second-order valence-corrected chi connectivity index (χ2v) is 6.49. The molecule has 1 saturated heterocycles. The molecule has 26 heavy (non-hydrogen) atoms. The van der Waals surface area contributed by atoms with Gasteiger partial charge in [-0.1, -0.05) is 30.7 Å². The Kier molecular flexibility index (Phi) is 10.3. The van der Waals surface area contributed by atoms with E-state index in [9.17, 15) is 4.79 Å². The van der Waals surface area contributed by atoms with Crippen LogP contribution in [-0.2, 0) is 9.53 Å². The summed E-state index contributed by atoms with van der Waals surface area (Å²) >= 11 is 6.06. The molecule has 1 aromatic carbocycles. The van der Waals surface area contributed by atoms with Gasteiger partial charge in [0.1, 0.15) is 0 Å². The molecule has 1 aromatic rings. The van der Waals surface area contributed by atoms with Crippen LogP contribution in [0.2, 0.25) is 5.02 Å². The zero-order valence-electron chi connectivity index (χ0n) is 15.5. The second-order valence-electron chi connectivity index (χ2n) is 6.06. The molecule has 8 heteroatoms. The first-order valence-electron chi connectivity index (χ1n) is 8.60. The van der Waals surface area contributed by atoms with E-state index in [1.165, 1.54) is 0 Å². The van der Waals surface area contributed by atoms with E-state index in [0.717, 1.165) is 25.1 Å². The van der Waals surface area contributed by atoms with E-state index >= 15 is 0 Å². The highest BCUT2D eigenvalue weighted by atomic mass is 127. The summed E-state index contributed by atoms with van der Waals surface area (Å²) in [6.07, 6.45) is 1.35. The number of hydrogen-bond donors (Lipinski definition) is 2. The fourth-order valence-corrected chi connectivity index (χ4v) is 3.15. The van der Waals surface area contributed by atoms with Crippen molar-refractivity contribution in [3.63, 3.8) is 0 Å². The zero-order chi connectivity index (χ0) is 18.2. The van der Waals surface area contributed by atoms with Crippen molar-refractivity contribution in [2.24, 2.45) is 4.99 Å². The van der Waals surface area contributed by atoms with Crippen molar-refractivity contribution in [1.82, 2.24) is 15.5 Å². The van der Waals surface area contributed by atoms with Crippen LogP contribution in [0.4, 0.5) is 0 Å². The van der Waals surface area contributed by atoms with Gasteiger partial charge < -0.3 is 20.3 Å². The molecule has 1 aliphatic heterocycles. The number of ether oxygens (including phenoxy) is 1. The highest BCUT2D eigenvalue weighted by Crippen LogP contribution is 2.19. The van der Waals surface area contributed by atoms with Gasteiger partial charge >= 0.3 is 0 Å². The summed E-state index contributed by atoms with van der Waals surface area (Å²) in [7, 11) is 3.41. The van der Waals surface area contributed by atoms with Crippen molar-refractivity contribution < 1.29 is 9.53 Å². The van der Waals surface area contributed by atoms with Gasteiger partial charge in [-0.2, -0.15) is 0 Å². The van der Waals surface area contributed by atoms with Crippen LogP contribution >= 0.6 is 35.6 Å². The topological polar surface area (TPSA) is 66.0 Å². The lowest BCUT2D eigenvalue weighted by atomic mass is 10.1. The minimum atomic E-state index is -0.126. The number of amides is 1. The van der Waals surface area contributed by atoms with Gasteiger partial charge in [0.2, 0.25) is 5.91 Å². The van der Waals surface area contributed by atoms with Crippen molar-refractivity contribution in [2.75, 3.05) is 33.8 Å². The molecule has 0 bridgehead atoms. The van der Waals surface area contributed by atoms with Crippen LogP contribution < -0.4 is 10.6 Å². The molecule has 0 radical (unpaired) electrons. The predicted molar refractivity (Wildman–Crippen MR) is 116 cm³/mol. The molecule has 2 rings (SSSR count). The summed E-state index contributed by atoms with van der Waals surface area (Å²) in [6.45, 7) is 3.98. The lowest BCUT2D eigenvalue weighted by Gasteiger charge is -2.21. The van der Waals surface area contributed by atoms with Gasteiger partial charge in [0, 0.05) is 51.3 Å². The van der Waals surface area contributed by atoms with Crippen LogP contribution in [0.3, 0.4) is 0 Å². The van der Waals surface area contributed by atoms with Gasteiger partial charge in [-0.3, -0.25) is 9.79 Å². The van der Waals surface area contributed by atoms with Crippen molar-refractivity contribution in [3.8, 4) is 0 Å².